The first-order valence-corrected chi connectivity index (χ1v) is 6.33. The molecule has 3 rings (SSSR count). The standard InChI is InChI=1S/C13H16O7/c14-7-2-1-6(3-8(7)15)13-19-5-10-12(20-13)11(17)9(16)4-18-10/h1-3,9-17H,4-5H2/t9-,10+,11+,12+,13?/m0/s1. The van der Waals surface area contributed by atoms with Crippen LogP contribution in [0.5, 0.6) is 11.5 Å². The summed E-state index contributed by atoms with van der Waals surface area (Å²) in [6.07, 6.45) is -3.98. The molecule has 0 saturated carbocycles. The Morgan fingerprint density at radius 1 is 1.00 bits per heavy atom. The predicted octanol–water partition coefficient (Wildman–Crippen LogP) is -0.368. The number of phenols is 2. The van der Waals surface area contributed by atoms with Crippen LogP contribution in [0.3, 0.4) is 0 Å². The average molecular weight is 284 g/mol. The number of ether oxygens (including phenoxy) is 3. The summed E-state index contributed by atoms with van der Waals surface area (Å²) in [5.74, 6) is -0.517. The largest absolute Gasteiger partial charge is 0.504 e. The van der Waals surface area contributed by atoms with Gasteiger partial charge in [0, 0.05) is 5.56 Å². The average Bonchev–Trinajstić information content (AvgIpc) is 2.46. The van der Waals surface area contributed by atoms with Gasteiger partial charge in [0.2, 0.25) is 0 Å². The zero-order chi connectivity index (χ0) is 14.3. The molecule has 2 aliphatic rings. The second-order valence-electron chi connectivity index (χ2n) is 4.94. The highest BCUT2D eigenvalue weighted by Gasteiger charge is 2.44. The highest BCUT2D eigenvalue weighted by atomic mass is 16.7. The van der Waals surface area contributed by atoms with Gasteiger partial charge in [0.15, 0.2) is 17.8 Å². The lowest BCUT2D eigenvalue weighted by Crippen LogP contribution is -2.58. The Balaban J connectivity index is 1.78. The lowest BCUT2D eigenvalue weighted by Gasteiger charge is -2.43. The molecule has 0 amide bonds. The van der Waals surface area contributed by atoms with Gasteiger partial charge in [-0.1, -0.05) is 6.07 Å². The molecule has 110 valence electrons. The zero-order valence-electron chi connectivity index (χ0n) is 10.5. The summed E-state index contributed by atoms with van der Waals surface area (Å²) < 4.78 is 16.4. The number of rotatable bonds is 1. The van der Waals surface area contributed by atoms with Crippen molar-refractivity contribution in [2.24, 2.45) is 0 Å². The highest BCUT2D eigenvalue weighted by Crippen LogP contribution is 2.35. The first-order valence-electron chi connectivity index (χ1n) is 6.33. The number of aliphatic hydroxyl groups is 2. The zero-order valence-corrected chi connectivity index (χ0v) is 10.5. The highest BCUT2D eigenvalue weighted by molar-refractivity contribution is 5.41. The molecule has 1 aromatic rings. The minimum Gasteiger partial charge on any atom is -0.504 e. The first kappa shape index (κ1) is 13.6. The topological polar surface area (TPSA) is 109 Å². The van der Waals surface area contributed by atoms with E-state index in [4.69, 9.17) is 14.2 Å². The Bertz CT molecular complexity index is 490. The van der Waals surface area contributed by atoms with Crippen molar-refractivity contribution in [3.05, 3.63) is 23.8 Å². The molecule has 0 aliphatic carbocycles. The SMILES string of the molecule is Oc1ccc(C2OC[C@H]3OC[C@H](O)[C@@H](O)[C@@H]3O2)cc1O. The van der Waals surface area contributed by atoms with E-state index in [1.165, 1.54) is 12.1 Å². The summed E-state index contributed by atoms with van der Waals surface area (Å²) in [5, 5.41) is 38.3. The summed E-state index contributed by atoms with van der Waals surface area (Å²) in [4.78, 5) is 0. The molecule has 0 aromatic heterocycles. The van der Waals surface area contributed by atoms with E-state index in [0.717, 1.165) is 0 Å². The third-order valence-corrected chi connectivity index (χ3v) is 3.54. The Morgan fingerprint density at radius 2 is 1.80 bits per heavy atom. The summed E-state index contributed by atoms with van der Waals surface area (Å²) >= 11 is 0. The number of aromatic hydroxyl groups is 2. The van der Waals surface area contributed by atoms with E-state index in [1.54, 1.807) is 6.07 Å². The van der Waals surface area contributed by atoms with Gasteiger partial charge in [-0.05, 0) is 12.1 Å². The fourth-order valence-corrected chi connectivity index (χ4v) is 2.39. The molecule has 2 heterocycles. The summed E-state index contributed by atoms with van der Waals surface area (Å²) in [6.45, 7) is 0.250. The van der Waals surface area contributed by atoms with Crippen LogP contribution in [0.2, 0.25) is 0 Å². The van der Waals surface area contributed by atoms with Crippen molar-refractivity contribution < 1.29 is 34.6 Å². The number of fused-ring (bicyclic) bond motifs is 1. The van der Waals surface area contributed by atoms with E-state index >= 15 is 0 Å². The van der Waals surface area contributed by atoms with Crippen molar-refractivity contribution in [1.29, 1.82) is 0 Å². The van der Waals surface area contributed by atoms with Crippen LogP contribution in [0.15, 0.2) is 18.2 Å². The Morgan fingerprint density at radius 3 is 2.55 bits per heavy atom. The Kier molecular flexibility index (Phi) is 3.53. The van der Waals surface area contributed by atoms with Crippen LogP contribution < -0.4 is 0 Å². The maximum Gasteiger partial charge on any atom is 0.184 e. The van der Waals surface area contributed by atoms with Gasteiger partial charge in [-0.25, -0.2) is 0 Å². The van der Waals surface area contributed by atoms with E-state index in [0.29, 0.717) is 5.56 Å². The Labute approximate surface area is 114 Å². The number of hydrogen-bond acceptors (Lipinski definition) is 7. The van der Waals surface area contributed by atoms with Crippen LogP contribution in [0, 0.1) is 0 Å². The third-order valence-electron chi connectivity index (χ3n) is 3.54. The second kappa shape index (κ2) is 5.19. The number of phenolic OH excluding ortho intramolecular Hbond substituents is 2. The van der Waals surface area contributed by atoms with Crippen LogP contribution in [-0.2, 0) is 14.2 Å². The van der Waals surface area contributed by atoms with Crippen LogP contribution in [0.4, 0.5) is 0 Å². The van der Waals surface area contributed by atoms with Gasteiger partial charge >= 0.3 is 0 Å². The fraction of sp³-hybridized carbons (Fsp3) is 0.538. The molecule has 0 spiro atoms. The van der Waals surface area contributed by atoms with Crippen molar-refractivity contribution in [2.45, 2.75) is 30.7 Å². The van der Waals surface area contributed by atoms with Crippen molar-refractivity contribution >= 4 is 0 Å². The molecular formula is C13H16O7. The molecule has 2 aliphatic heterocycles. The lowest BCUT2D eigenvalue weighted by atomic mass is 9.99. The van der Waals surface area contributed by atoms with Gasteiger partial charge in [-0.15, -0.1) is 0 Å². The van der Waals surface area contributed by atoms with E-state index in [2.05, 4.69) is 0 Å². The third kappa shape index (κ3) is 2.34. The van der Waals surface area contributed by atoms with E-state index in [1.807, 2.05) is 0 Å². The van der Waals surface area contributed by atoms with Gasteiger partial charge in [0.1, 0.15) is 24.4 Å². The smallest absolute Gasteiger partial charge is 0.184 e. The van der Waals surface area contributed by atoms with Crippen molar-refractivity contribution in [3.63, 3.8) is 0 Å². The van der Waals surface area contributed by atoms with Gasteiger partial charge in [0.05, 0.1) is 13.2 Å². The summed E-state index contributed by atoms with van der Waals surface area (Å²) in [6, 6.07) is 4.20. The summed E-state index contributed by atoms with van der Waals surface area (Å²) in [7, 11) is 0. The molecule has 1 unspecified atom stereocenters. The number of aliphatic hydroxyl groups excluding tert-OH is 2. The molecular weight excluding hydrogens is 268 g/mol. The molecule has 0 bridgehead atoms. The quantitative estimate of drug-likeness (QED) is 0.521. The molecule has 0 radical (unpaired) electrons. The van der Waals surface area contributed by atoms with E-state index in [9.17, 15) is 20.4 Å². The van der Waals surface area contributed by atoms with Crippen LogP contribution in [0.25, 0.3) is 0 Å². The molecule has 1 aromatic carbocycles. The molecule has 2 saturated heterocycles. The van der Waals surface area contributed by atoms with Gasteiger partial charge in [-0.2, -0.15) is 0 Å². The van der Waals surface area contributed by atoms with Crippen LogP contribution in [0.1, 0.15) is 11.9 Å². The van der Waals surface area contributed by atoms with E-state index in [-0.39, 0.29) is 24.7 Å². The maximum atomic E-state index is 9.94. The lowest BCUT2D eigenvalue weighted by molar-refractivity contribution is -0.314. The molecule has 7 nitrogen and oxygen atoms in total. The molecule has 20 heavy (non-hydrogen) atoms. The van der Waals surface area contributed by atoms with Crippen LogP contribution >= 0.6 is 0 Å². The van der Waals surface area contributed by atoms with Gasteiger partial charge < -0.3 is 34.6 Å². The maximum absolute atomic E-state index is 9.94. The van der Waals surface area contributed by atoms with Crippen molar-refractivity contribution in [1.82, 2.24) is 0 Å². The number of benzene rings is 1. The fourth-order valence-electron chi connectivity index (χ4n) is 2.39. The minimum absolute atomic E-state index is 0.0414. The molecule has 2 fully saturated rings. The summed E-state index contributed by atoms with van der Waals surface area (Å²) in [5.41, 5.74) is 0.506. The van der Waals surface area contributed by atoms with Gasteiger partial charge in [-0.3, -0.25) is 0 Å². The van der Waals surface area contributed by atoms with Crippen LogP contribution in [-0.4, -0.2) is 58.1 Å². The van der Waals surface area contributed by atoms with Crippen molar-refractivity contribution in [2.75, 3.05) is 13.2 Å². The van der Waals surface area contributed by atoms with E-state index < -0.39 is 30.7 Å². The van der Waals surface area contributed by atoms with Crippen molar-refractivity contribution in [3.8, 4) is 11.5 Å². The predicted molar refractivity (Wildman–Crippen MR) is 65.1 cm³/mol. The van der Waals surface area contributed by atoms with Gasteiger partial charge in [0.25, 0.3) is 0 Å². The normalized spacial score (nSPS) is 37.4. The monoisotopic (exact) mass is 284 g/mol. The Hall–Kier alpha value is -1.38. The second-order valence-corrected chi connectivity index (χ2v) is 4.94. The molecule has 5 atom stereocenters. The molecule has 7 heteroatoms. The number of hydrogen-bond donors (Lipinski definition) is 4. The molecule has 4 N–H and O–H groups in total. The first-order chi connectivity index (χ1) is 9.56. The minimum atomic E-state index is -1.05.